The van der Waals surface area contributed by atoms with Crippen molar-refractivity contribution in [2.75, 3.05) is 32.7 Å². The minimum absolute atomic E-state index is 0.0774. The number of amides is 3. The van der Waals surface area contributed by atoms with Crippen molar-refractivity contribution in [3.8, 4) is 12.3 Å². The van der Waals surface area contributed by atoms with E-state index in [9.17, 15) is 14.4 Å². The molecule has 0 spiro atoms. The van der Waals surface area contributed by atoms with Gasteiger partial charge >= 0.3 is 0 Å². The fourth-order valence-corrected chi connectivity index (χ4v) is 6.19. The average Bonchev–Trinajstić information content (AvgIpc) is 2.64. The highest BCUT2D eigenvalue weighted by atomic mass is 16.2. The van der Waals surface area contributed by atoms with Gasteiger partial charge in [-0.3, -0.25) is 14.4 Å². The predicted molar refractivity (Wildman–Crippen MR) is 95.6 cm³/mol. The molecular formula is C20H27N3O3. The molecule has 0 aromatic carbocycles. The van der Waals surface area contributed by atoms with Crippen LogP contribution in [0.3, 0.4) is 0 Å². The van der Waals surface area contributed by atoms with Gasteiger partial charge in [0.05, 0.1) is 12.0 Å². The number of carbonyl (C=O) groups is 3. The quantitative estimate of drug-likeness (QED) is 0.753. The van der Waals surface area contributed by atoms with Crippen LogP contribution in [0.4, 0.5) is 0 Å². The van der Waals surface area contributed by atoms with Crippen molar-refractivity contribution in [1.29, 1.82) is 0 Å². The number of hydrogen-bond donors (Lipinski definition) is 1. The SMILES string of the molecule is C#CC(=O)NCC(=O)N1CCN(C(=O)C23CC4CC(CC(C4)C2)C3)CC1. The molecule has 1 saturated heterocycles. The molecule has 5 aliphatic rings. The predicted octanol–water partition coefficient (Wildman–Crippen LogP) is 0.623. The van der Waals surface area contributed by atoms with Gasteiger partial charge in [0.1, 0.15) is 0 Å². The highest BCUT2D eigenvalue weighted by molar-refractivity contribution is 5.95. The van der Waals surface area contributed by atoms with Crippen molar-refractivity contribution in [2.45, 2.75) is 38.5 Å². The van der Waals surface area contributed by atoms with Crippen molar-refractivity contribution >= 4 is 17.7 Å². The van der Waals surface area contributed by atoms with E-state index in [1.165, 1.54) is 19.3 Å². The van der Waals surface area contributed by atoms with E-state index >= 15 is 0 Å². The molecule has 0 aromatic rings. The van der Waals surface area contributed by atoms with Gasteiger partial charge in [0.2, 0.25) is 11.8 Å². The summed E-state index contributed by atoms with van der Waals surface area (Å²) in [4.78, 5) is 40.2. The van der Waals surface area contributed by atoms with Gasteiger partial charge in [-0.15, -0.1) is 6.42 Å². The second-order valence-electron chi connectivity index (χ2n) is 8.70. The first-order valence-electron chi connectivity index (χ1n) is 9.81. The van der Waals surface area contributed by atoms with Crippen LogP contribution in [0.5, 0.6) is 0 Å². The van der Waals surface area contributed by atoms with E-state index in [1.807, 2.05) is 10.8 Å². The van der Waals surface area contributed by atoms with Crippen LogP contribution in [-0.2, 0) is 14.4 Å². The summed E-state index contributed by atoms with van der Waals surface area (Å²) in [5.74, 6) is 3.83. The molecule has 4 saturated carbocycles. The molecule has 5 fully saturated rings. The number of nitrogens with zero attached hydrogens (tertiary/aromatic N) is 2. The van der Waals surface area contributed by atoms with Crippen molar-refractivity contribution in [2.24, 2.45) is 23.2 Å². The Balaban J connectivity index is 1.32. The van der Waals surface area contributed by atoms with Crippen molar-refractivity contribution in [3.05, 3.63) is 0 Å². The fourth-order valence-electron chi connectivity index (χ4n) is 6.19. The standard InChI is InChI=1S/C20H27N3O3/c1-2-17(24)21-13-18(25)22-3-5-23(6-4-22)19(26)20-10-14-7-15(11-20)9-16(8-14)12-20/h1,14-16H,3-13H2,(H,21,24). The van der Waals surface area contributed by atoms with Crippen LogP contribution in [0.1, 0.15) is 38.5 Å². The first kappa shape index (κ1) is 17.4. The molecule has 6 heteroatoms. The Hall–Kier alpha value is -2.03. The lowest BCUT2D eigenvalue weighted by atomic mass is 9.49. The molecule has 140 valence electrons. The van der Waals surface area contributed by atoms with Crippen LogP contribution in [-0.4, -0.2) is 60.2 Å². The lowest BCUT2D eigenvalue weighted by Gasteiger charge is -2.57. The topological polar surface area (TPSA) is 69.7 Å². The smallest absolute Gasteiger partial charge is 0.296 e. The number of piperazine rings is 1. The molecule has 0 aromatic heterocycles. The zero-order chi connectivity index (χ0) is 18.3. The van der Waals surface area contributed by atoms with Gasteiger partial charge in [0, 0.05) is 26.2 Å². The normalized spacial score (nSPS) is 35.1. The van der Waals surface area contributed by atoms with E-state index < -0.39 is 5.91 Å². The lowest BCUT2D eigenvalue weighted by molar-refractivity contribution is -0.160. The van der Waals surface area contributed by atoms with E-state index in [0.717, 1.165) is 37.0 Å². The van der Waals surface area contributed by atoms with Gasteiger partial charge in [-0.1, -0.05) is 0 Å². The van der Waals surface area contributed by atoms with Gasteiger partial charge in [-0.25, -0.2) is 0 Å². The zero-order valence-electron chi connectivity index (χ0n) is 15.2. The Kier molecular flexibility index (Phi) is 4.42. The van der Waals surface area contributed by atoms with Crippen molar-refractivity contribution in [1.82, 2.24) is 15.1 Å². The summed E-state index contributed by atoms with van der Waals surface area (Å²) in [6.07, 6.45) is 12.2. The third-order valence-corrected chi connectivity index (χ3v) is 6.94. The summed E-state index contributed by atoms with van der Waals surface area (Å²) in [6.45, 7) is 2.17. The number of rotatable bonds is 3. The third-order valence-electron chi connectivity index (χ3n) is 6.94. The molecule has 1 aliphatic heterocycles. The first-order valence-corrected chi connectivity index (χ1v) is 9.81. The van der Waals surface area contributed by atoms with Crippen LogP contribution in [0.15, 0.2) is 0 Å². The second kappa shape index (κ2) is 6.61. The maximum atomic E-state index is 13.3. The Morgan fingerprint density at radius 3 is 1.92 bits per heavy atom. The number of carbonyl (C=O) groups excluding carboxylic acids is 3. The van der Waals surface area contributed by atoms with E-state index in [4.69, 9.17) is 6.42 Å². The molecular weight excluding hydrogens is 330 g/mol. The van der Waals surface area contributed by atoms with Gasteiger partial charge in [0.25, 0.3) is 5.91 Å². The molecule has 0 radical (unpaired) electrons. The van der Waals surface area contributed by atoms with Gasteiger partial charge < -0.3 is 15.1 Å². The Labute approximate surface area is 154 Å². The van der Waals surface area contributed by atoms with Crippen LogP contribution in [0, 0.1) is 35.5 Å². The first-order chi connectivity index (χ1) is 12.5. The summed E-state index contributed by atoms with van der Waals surface area (Å²) < 4.78 is 0. The molecule has 3 amide bonds. The van der Waals surface area contributed by atoms with E-state index in [1.54, 1.807) is 4.90 Å². The summed E-state index contributed by atoms with van der Waals surface area (Å²) in [5.41, 5.74) is -0.109. The molecule has 26 heavy (non-hydrogen) atoms. The average molecular weight is 357 g/mol. The lowest BCUT2D eigenvalue weighted by Crippen LogP contribution is -2.59. The van der Waals surface area contributed by atoms with E-state index in [2.05, 4.69) is 5.32 Å². The van der Waals surface area contributed by atoms with Crippen LogP contribution < -0.4 is 5.32 Å². The van der Waals surface area contributed by atoms with Gasteiger partial charge in [0.15, 0.2) is 0 Å². The highest BCUT2D eigenvalue weighted by Gasteiger charge is 2.55. The molecule has 1 N–H and O–H groups in total. The minimum atomic E-state index is -0.575. The number of hydrogen-bond acceptors (Lipinski definition) is 3. The van der Waals surface area contributed by atoms with Crippen LogP contribution in [0.2, 0.25) is 0 Å². The molecule has 4 bridgehead atoms. The molecule has 0 atom stereocenters. The Morgan fingerprint density at radius 1 is 0.923 bits per heavy atom. The monoisotopic (exact) mass is 357 g/mol. The number of terminal acetylenes is 1. The van der Waals surface area contributed by atoms with E-state index in [0.29, 0.717) is 32.1 Å². The largest absolute Gasteiger partial charge is 0.339 e. The Morgan fingerprint density at radius 2 is 1.42 bits per heavy atom. The maximum absolute atomic E-state index is 13.3. The fraction of sp³-hybridized carbons (Fsp3) is 0.750. The molecule has 1 heterocycles. The van der Waals surface area contributed by atoms with Crippen molar-refractivity contribution in [3.63, 3.8) is 0 Å². The second-order valence-corrected chi connectivity index (χ2v) is 8.70. The Bertz CT molecular complexity index is 622. The zero-order valence-corrected chi connectivity index (χ0v) is 15.2. The van der Waals surface area contributed by atoms with Crippen LogP contribution >= 0.6 is 0 Å². The summed E-state index contributed by atoms with van der Waals surface area (Å²) >= 11 is 0. The number of nitrogens with one attached hydrogen (secondary N) is 1. The summed E-state index contributed by atoms with van der Waals surface area (Å²) in [7, 11) is 0. The van der Waals surface area contributed by atoms with Crippen molar-refractivity contribution < 1.29 is 14.4 Å². The van der Waals surface area contributed by atoms with Gasteiger partial charge in [-0.05, 0) is 62.2 Å². The summed E-state index contributed by atoms with van der Waals surface area (Å²) in [5, 5.41) is 2.41. The molecule has 0 unspecified atom stereocenters. The highest BCUT2D eigenvalue weighted by Crippen LogP contribution is 2.60. The molecule has 6 nitrogen and oxygen atoms in total. The maximum Gasteiger partial charge on any atom is 0.296 e. The van der Waals surface area contributed by atoms with Crippen LogP contribution in [0.25, 0.3) is 0 Å². The molecule has 5 rings (SSSR count). The minimum Gasteiger partial charge on any atom is -0.339 e. The molecule has 4 aliphatic carbocycles. The summed E-state index contributed by atoms with van der Waals surface area (Å²) in [6, 6.07) is 0. The third kappa shape index (κ3) is 3.08. The van der Waals surface area contributed by atoms with E-state index in [-0.39, 0.29) is 17.9 Å². The van der Waals surface area contributed by atoms with Gasteiger partial charge in [-0.2, -0.15) is 0 Å².